The van der Waals surface area contributed by atoms with Gasteiger partial charge in [-0.15, -0.1) is 11.3 Å². The third kappa shape index (κ3) is 3.99. The minimum Gasteiger partial charge on any atom is -0.478 e. The van der Waals surface area contributed by atoms with E-state index in [0.29, 0.717) is 21.7 Å². The molecule has 0 aliphatic rings. The quantitative estimate of drug-likeness (QED) is 0.640. The second-order valence-corrected chi connectivity index (χ2v) is 5.87. The Balaban J connectivity index is 2.09. The van der Waals surface area contributed by atoms with Crippen molar-refractivity contribution in [2.24, 2.45) is 0 Å². The van der Waals surface area contributed by atoms with E-state index < -0.39 is 5.97 Å². The monoisotopic (exact) mass is 324 g/mol. The number of hydrogen-bond donors (Lipinski definition) is 2. The molecule has 2 aromatic heterocycles. The van der Waals surface area contributed by atoms with Crippen molar-refractivity contribution in [2.45, 2.75) is 18.9 Å². The largest absolute Gasteiger partial charge is 0.478 e. The molecule has 1 amide bonds. The van der Waals surface area contributed by atoms with Gasteiger partial charge in [0.05, 0.1) is 11.4 Å². The minimum atomic E-state index is -1.10. The number of amides is 1. The molecule has 7 nitrogen and oxygen atoms in total. The summed E-state index contributed by atoms with van der Waals surface area (Å²) in [6.45, 7) is 3.29. The molecule has 110 valence electrons. The number of nitrogens with zero attached hydrogens (tertiary/aromatic N) is 3. The fourth-order valence-corrected chi connectivity index (χ4v) is 3.07. The van der Waals surface area contributed by atoms with Gasteiger partial charge < -0.3 is 10.4 Å². The number of carbonyl (C=O) groups excluding carboxylic acids is 1. The molecule has 2 rings (SSSR count). The lowest BCUT2D eigenvalue weighted by Crippen LogP contribution is -2.15. The number of carboxylic acid groups (broad SMARTS) is 1. The molecule has 0 aliphatic heterocycles. The first-order valence-electron chi connectivity index (χ1n) is 5.88. The van der Waals surface area contributed by atoms with Gasteiger partial charge >= 0.3 is 5.97 Å². The van der Waals surface area contributed by atoms with E-state index in [-0.39, 0.29) is 17.2 Å². The van der Waals surface area contributed by atoms with Crippen LogP contribution in [-0.2, 0) is 4.79 Å². The molecule has 0 spiro atoms. The van der Waals surface area contributed by atoms with Gasteiger partial charge in [-0.1, -0.05) is 11.8 Å². The van der Waals surface area contributed by atoms with Crippen molar-refractivity contribution in [3.63, 3.8) is 0 Å². The van der Waals surface area contributed by atoms with Crippen molar-refractivity contribution in [2.75, 3.05) is 11.1 Å². The Morgan fingerprint density at radius 2 is 2.14 bits per heavy atom. The van der Waals surface area contributed by atoms with Crippen molar-refractivity contribution >= 4 is 40.1 Å². The van der Waals surface area contributed by atoms with Crippen LogP contribution in [-0.4, -0.2) is 37.7 Å². The van der Waals surface area contributed by atoms with Crippen LogP contribution in [0.25, 0.3) is 0 Å². The van der Waals surface area contributed by atoms with Crippen LogP contribution in [0.4, 0.5) is 5.13 Å². The molecule has 0 saturated carbocycles. The predicted molar refractivity (Wildman–Crippen MR) is 79.9 cm³/mol. The lowest BCUT2D eigenvalue weighted by Gasteiger charge is -2.08. The number of hydrogen-bond acceptors (Lipinski definition) is 7. The molecule has 0 fully saturated rings. The van der Waals surface area contributed by atoms with Crippen LogP contribution in [0, 0.1) is 13.8 Å². The summed E-state index contributed by atoms with van der Waals surface area (Å²) in [5.74, 6) is -0.841. The number of aryl methyl sites for hydroxylation is 2. The molecule has 0 saturated heterocycles. The summed E-state index contributed by atoms with van der Waals surface area (Å²) >= 11 is 2.38. The molecule has 0 unspecified atom stereocenters. The number of carboxylic acids is 1. The summed E-state index contributed by atoms with van der Waals surface area (Å²) in [6, 6.07) is 0. The molecule has 0 bridgehead atoms. The summed E-state index contributed by atoms with van der Waals surface area (Å²) in [5, 5.41) is 14.4. The maximum atomic E-state index is 11.8. The molecule has 21 heavy (non-hydrogen) atoms. The van der Waals surface area contributed by atoms with E-state index in [4.69, 9.17) is 0 Å². The van der Waals surface area contributed by atoms with E-state index in [0.717, 1.165) is 11.8 Å². The zero-order valence-electron chi connectivity index (χ0n) is 11.3. The smallest absolute Gasteiger partial charge is 0.340 e. The van der Waals surface area contributed by atoms with E-state index in [1.807, 2.05) is 0 Å². The Labute approximate surface area is 128 Å². The number of nitrogens with one attached hydrogen (secondary N) is 1. The van der Waals surface area contributed by atoms with Gasteiger partial charge in [0.15, 0.2) is 5.13 Å². The maximum Gasteiger partial charge on any atom is 0.340 e. The zero-order valence-corrected chi connectivity index (χ0v) is 12.9. The standard InChI is InChI=1S/C12H12N4O3S2/c1-6-9(11(18)19)10(15-7(2)14-6)21-5-8(17)16-12-13-3-4-20-12/h3-4H,5H2,1-2H3,(H,18,19)(H,13,16,17). The van der Waals surface area contributed by atoms with E-state index in [2.05, 4.69) is 20.3 Å². The van der Waals surface area contributed by atoms with Crippen molar-refractivity contribution in [1.29, 1.82) is 0 Å². The molecule has 2 N–H and O–H groups in total. The SMILES string of the molecule is Cc1nc(C)c(C(=O)O)c(SCC(=O)Nc2nccs2)n1. The summed E-state index contributed by atoms with van der Waals surface area (Å²) in [7, 11) is 0. The van der Waals surface area contributed by atoms with Crippen LogP contribution in [0.2, 0.25) is 0 Å². The van der Waals surface area contributed by atoms with Gasteiger partial charge in [-0.2, -0.15) is 0 Å². The Morgan fingerprint density at radius 3 is 2.76 bits per heavy atom. The van der Waals surface area contributed by atoms with Gasteiger partial charge in [-0.05, 0) is 13.8 Å². The highest BCUT2D eigenvalue weighted by molar-refractivity contribution is 8.00. The molecule has 0 atom stereocenters. The maximum absolute atomic E-state index is 11.8. The van der Waals surface area contributed by atoms with Crippen LogP contribution < -0.4 is 5.32 Å². The normalized spacial score (nSPS) is 10.4. The molecule has 2 heterocycles. The van der Waals surface area contributed by atoms with Gasteiger partial charge in [-0.3, -0.25) is 4.79 Å². The second kappa shape index (κ2) is 6.64. The van der Waals surface area contributed by atoms with Gasteiger partial charge in [0.1, 0.15) is 16.4 Å². The first-order chi connectivity index (χ1) is 9.97. The van der Waals surface area contributed by atoms with Gasteiger partial charge in [0, 0.05) is 11.6 Å². The lowest BCUT2D eigenvalue weighted by molar-refractivity contribution is -0.113. The van der Waals surface area contributed by atoms with Crippen molar-refractivity contribution in [3.05, 3.63) is 28.7 Å². The fraction of sp³-hybridized carbons (Fsp3) is 0.250. The molecular formula is C12H12N4O3S2. The molecule has 0 aromatic carbocycles. The highest BCUT2D eigenvalue weighted by atomic mass is 32.2. The topological polar surface area (TPSA) is 105 Å². The average Bonchev–Trinajstić information content (AvgIpc) is 2.87. The van der Waals surface area contributed by atoms with Crippen LogP contribution in [0.15, 0.2) is 16.6 Å². The van der Waals surface area contributed by atoms with E-state index >= 15 is 0 Å². The Hall–Kier alpha value is -2.00. The van der Waals surface area contributed by atoms with Crippen molar-refractivity contribution in [3.8, 4) is 0 Å². The van der Waals surface area contributed by atoms with Gasteiger partial charge in [0.25, 0.3) is 0 Å². The zero-order chi connectivity index (χ0) is 15.4. The Bertz CT molecular complexity index is 673. The number of carbonyl (C=O) groups is 2. The van der Waals surface area contributed by atoms with Crippen LogP contribution in [0.1, 0.15) is 21.9 Å². The number of aromatic carboxylic acids is 1. The highest BCUT2D eigenvalue weighted by Gasteiger charge is 2.18. The Kier molecular flexibility index (Phi) is 4.86. The van der Waals surface area contributed by atoms with Crippen molar-refractivity contribution < 1.29 is 14.7 Å². The minimum absolute atomic E-state index is 0.0349. The number of thioether (sulfide) groups is 1. The highest BCUT2D eigenvalue weighted by Crippen LogP contribution is 2.23. The molecule has 0 aliphatic carbocycles. The predicted octanol–water partition coefficient (Wildman–Crippen LogP) is 1.98. The van der Waals surface area contributed by atoms with E-state index in [1.165, 1.54) is 11.3 Å². The molecule has 0 radical (unpaired) electrons. The van der Waals surface area contributed by atoms with Crippen LogP contribution in [0.3, 0.4) is 0 Å². The summed E-state index contributed by atoms with van der Waals surface area (Å²) in [4.78, 5) is 35.1. The van der Waals surface area contributed by atoms with E-state index in [1.54, 1.807) is 25.4 Å². The average molecular weight is 324 g/mol. The third-order valence-electron chi connectivity index (χ3n) is 2.40. The third-order valence-corrected chi connectivity index (χ3v) is 4.06. The lowest BCUT2D eigenvalue weighted by atomic mass is 10.2. The molecule has 9 heteroatoms. The van der Waals surface area contributed by atoms with Crippen molar-refractivity contribution in [1.82, 2.24) is 15.0 Å². The number of aromatic nitrogens is 3. The summed E-state index contributed by atoms with van der Waals surface area (Å²) < 4.78 is 0. The number of anilines is 1. The second-order valence-electron chi connectivity index (χ2n) is 4.02. The summed E-state index contributed by atoms with van der Waals surface area (Å²) in [5.41, 5.74) is 0.422. The first kappa shape index (κ1) is 15.4. The van der Waals surface area contributed by atoms with Gasteiger partial charge in [-0.25, -0.2) is 19.7 Å². The first-order valence-corrected chi connectivity index (χ1v) is 7.74. The van der Waals surface area contributed by atoms with Crippen LogP contribution in [0.5, 0.6) is 0 Å². The van der Waals surface area contributed by atoms with Crippen LogP contribution >= 0.6 is 23.1 Å². The number of rotatable bonds is 5. The summed E-state index contributed by atoms with van der Waals surface area (Å²) in [6.07, 6.45) is 1.59. The molecule has 2 aromatic rings. The molecular weight excluding hydrogens is 312 g/mol. The Morgan fingerprint density at radius 1 is 1.38 bits per heavy atom. The number of thiazole rings is 1. The van der Waals surface area contributed by atoms with Gasteiger partial charge in [0.2, 0.25) is 5.91 Å². The van der Waals surface area contributed by atoms with E-state index in [9.17, 15) is 14.7 Å². The fourth-order valence-electron chi connectivity index (χ4n) is 1.61.